The van der Waals surface area contributed by atoms with Crippen LogP contribution in [0.15, 0.2) is 58.1 Å². The summed E-state index contributed by atoms with van der Waals surface area (Å²) in [5, 5.41) is 16.5. The molecule has 0 saturated heterocycles. The van der Waals surface area contributed by atoms with Gasteiger partial charge in [-0.2, -0.15) is 20.0 Å². The van der Waals surface area contributed by atoms with E-state index < -0.39 is 0 Å². The quantitative estimate of drug-likeness (QED) is 0.306. The number of halogens is 1. The highest BCUT2D eigenvalue weighted by Crippen LogP contribution is 2.26. The summed E-state index contributed by atoms with van der Waals surface area (Å²) in [5.41, 5.74) is 6.31. The highest BCUT2D eigenvalue weighted by atomic mass is 79.9. The number of benzene rings is 2. The van der Waals surface area contributed by atoms with Crippen LogP contribution in [0, 0.1) is 25.5 Å². The van der Waals surface area contributed by atoms with Gasteiger partial charge in [0.25, 0.3) is 0 Å². The molecule has 4 aromatic rings. The van der Waals surface area contributed by atoms with E-state index in [9.17, 15) is 0 Å². The van der Waals surface area contributed by atoms with Crippen molar-refractivity contribution >= 4 is 34.4 Å². The van der Waals surface area contributed by atoms with Crippen LogP contribution in [0.2, 0.25) is 0 Å². The molecule has 2 aromatic carbocycles. The van der Waals surface area contributed by atoms with Gasteiger partial charge in [0.1, 0.15) is 0 Å². The molecule has 6 nitrogen and oxygen atoms in total. The van der Waals surface area contributed by atoms with Crippen molar-refractivity contribution in [3.8, 4) is 11.4 Å². The van der Waals surface area contributed by atoms with Crippen LogP contribution in [-0.4, -0.2) is 30.9 Å². The molecule has 4 rings (SSSR count). The van der Waals surface area contributed by atoms with E-state index in [-0.39, 0.29) is 0 Å². The minimum Gasteiger partial charge on any atom is -0.265 e. The van der Waals surface area contributed by atoms with Gasteiger partial charge in [0.05, 0.1) is 18.5 Å². The summed E-state index contributed by atoms with van der Waals surface area (Å²) in [6.45, 7) is 6.85. The van der Waals surface area contributed by atoms with Crippen molar-refractivity contribution in [2.24, 2.45) is 5.10 Å². The van der Waals surface area contributed by atoms with E-state index in [1.54, 1.807) is 10.9 Å². The maximum Gasteiger partial charge on any atom is 0.216 e. The molecular weight excluding hydrogens is 460 g/mol. The number of H-pyrrole nitrogens is 1. The van der Waals surface area contributed by atoms with E-state index in [1.165, 1.54) is 11.1 Å². The van der Waals surface area contributed by atoms with Crippen LogP contribution in [0.3, 0.4) is 0 Å². The van der Waals surface area contributed by atoms with Crippen LogP contribution in [0.5, 0.6) is 0 Å². The number of aromatic nitrogens is 5. The first-order valence-electron chi connectivity index (χ1n) is 9.50. The molecule has 2 aromatic heterocycles. The summed E-state index contributed by atoms with van der Waals surface area (Å²) < 4.78 is 4.99. The number of aryl methyl sites for hydroxylation is 2. The van der Waals surface area contributed by atoms with Crippen LogP contribution >= 0.6 is 28.1 Å². The zero-order valence-electron chi connectivity index (χ0n) is 16.9. The van der Waals surface area contributed by atoms with Gasteiger partial charge < -0.3 is 0 Å². The van der Waals surface area contributed by atoms with Crippen molar-refractivity contribution in [1.29, 1.82) is 0 Å². The molecule has 2 heterocycles. The largest absolute Gasteiger partial charge is 0.265 e. The normalized spacial score (nSPS) is 11.5. The average molecular weight is 481 g/mol. The molecule has 0 aliphatic rings. The predicted octanol–water partition coefficient (Wildman–Crippen LogP) is 5.42. The first kappa shape index (κ1) is 20.4. The molecule has 0 fully saturated rings. The second-order valence-corrected chi connectivity index (χ2v) is 8.36. The van der Waals surface area contributed by atoms with Crippen LogP contribution in [0.4, 0.5) is 0 Å². The molecule has 0 bridgehead atoms. The van der Waals surface area contributed by atoms with Crippen LogP contribution < -0.4 is 0 Å². The molecule has 30 heavy (non-hydrogen) atoms. The molecule has 8 heteroatoms. The number of nitrogens with one attached hydrogen (secondary N) is 1. The Morgan fingerprint density at radius 3 is 2.57 bits per heavy atom. The third-order valence-electron chi connectivity index (χ3n) is 4.96. The molecule has 0 unspecified atom stereocenters. The minimum atomic E-state index is 0.430. The van der Waals surface area contributed by atoms with Crippen molar-refractivity contribution in [1.82, 2.24) is 24.7 Å². The molecule has 0 aliphatic carbocycles. The monoisotopic (exact) mass is 480 g/mol. The summed E-state index contributed by atoms with van der Waals surface area (Å²) in [6.07, 6.45) is 1.80. The van der Waals surface area contributed by atoms with E-state index >= 15 is 0 Å². The van der Waals surface area contributed by atoms with Gasteiger partial charge in [0.15, 0.2) is 5.82 Å². The van der Waals surface area contributed by atoms with Crippen LogP contribution in [-0.2, 0) is 6.54 Å². The minimum absolute atomic E-state index is 0.430. The molecule has 0 spiro atoms. The SMILES string of the molecule is Cc1ccc(Cn2nc(C)c(/C=N\n3c(-c4ccccc4Br)n[nH]c3=S)c2C)cc1. The molecule has 0 saturated carbocycles. The Kier molecular flexibility index (Phi) is 5.78. The fourth-order valence-corrected chi connectivity index (χ4v) is 3.89. The van der Waals surface area contributed by atoms with Crippen LogP contribution in [0.1, 0.15) is 28.1 Å². The van der Waals surface area contributed by atoms with Gasteiger partial charge in [0.2, 0.25) is 4.77 Å². The van der Waals surface area contributed by atoms with Crippen LogP contribution in [0.25, 0.3) is 11.4 Å². The van der Waals surface area contributed by atoms with Gasteiger partial charge in [-0.05, 0) is 50.7 Å². The third kappa shape index (κ3) is 4.06. The lowest BCUT2D eigenvalue weighted by atomic mass is 10.1. The first-order chi connectivity index (χ1) is 14.4. The van der Waals surface area contributed by atoms with Gasteiger partial charge in [-0.25, -0.2) is 5.10 Å². The molecule has 0 atom stereocenters. The van der Waals surface area contributed by atoms with Crippen molar-refractivity contribution in [3.63, 3.8) is 0 Å². The maximum absolute atomic E-state index is 5.39. The van der Waals surface area contributed by atoms with Gasteiger partial charge in [0, 0.05) is 21.3 Å². The van der Waals surface area contributed by atoms with E-state index in [0.29, 0.717) is 17.1 Å². The Bertz CT molecular complexity index is 1280. The van der Waals surface area contributed by atoms with Gasteiger partial charge >= 0.3 is 0 Å². The Labute approximate surface area is 188 Å². The van der Waals surface area contributed by atoms with Crippen molar-refractivity contribution in [2.45, 2.75) is 27.3 Å². The molecule has 0 aliphatic heterocycles. The summed E-state index contributed by atoms with van der Waals surface area (Å²) in [6, 6.07) is 16.3. The molecule has 0 radical (unpaired) electrons. The number of rotatable bonds is 5. The Hall–Kier alpha value is -2.84. The van der Waals surface area contributed by atoms with Gasteiger partial charge in [-0.3, -0.25) is 4.68 Å². The zero-order chi connectivity index (χ0) is 21.3. The number of aromatic amines is 1. The standard InChI is InChI=1S/C22H21BrN6S/c1-14-8-10-17(11-9-14)13-28-16(3)19(15(2)27-28)12-24-29-21(25-26-22(29)30)18-6-4-5-7-20(18)23/h4-12H,13H2,1-3H3,(H,26,30)/b24-12-. The maximum atomic E-state index is 5.39. The lowest BCUT2D eigenvalue weighted by Crippen LogP contribution is -2.04. The second-order valence-electron chi connectivity index (χ2n) is 7.12. The summed E-state index contributed by atoms with van der Waals surface area (Å²) in [7, 11) is 0. The van der Waals surface area contributed by atoms with Crippen molar-refractivity contribution in [3.05, 3.63) is 85.9 Å². The Morgan fingerprint density at radius 2 is 1.83 bits per heavy atom. The lowest BCUT2D eigenvalue weighted by Gasteiger charge is -2.05. The third-order valence-corrected chi connectivity index (χ3v) is 5.91. The number of hydrogen-bond acceptors (Lipinski definition) is 4. The van der Waals surface area contributed by atoms with Gasteiger partial charge in [-0.15, -0.1) is 0 Å². The fraction of sp³-hybridized carbons (Fsp3) is 0.182. The number of nitrogens with zero attached hydrogens (tertiary/aromatic N) is 5. The summed E-state index contributed by atoms with van der Waals surface area (Å²) in [4.78, 5) is 0. The fourth-order valence-electron chi connectivity index (χ4n) is 3.25. The van der Waals surface area contributed by atoms with Gasteiger partial charge in [-0.1, -0.05) is 57.9 Å². The smallest absolute Gasteiger partial charge is 0.216 e. The lowest BCUT2D eigenvalue weighted by molar-refractivity contribution is 0.659. The highest BCUT2D eigenvalue weighted by molar-refractivity contribution is 9.10. The van der Waals surface area contributed by atoms with E-state index in [2.05, 4.69) is 69.3 Å². The molecular formula is C22H21BrN6S. The Balaban J connectivity index is 1.67. The summed E-state index contributed by atoms with van der Waals surface area (Å²) >= 11 is 8.96. The van der Waals surface area contributed by atoms with E-state index in [1.807, 2.05) is 35.9 Å². The topological polar surface area (TPSA) is 63.8 Å². The van der Waals surface area contributed by atoms with E-state index in [4.69, 9.17) is 17.3 Å². The average Bonchev–Trinajstić information content (AvgIpc) is 3.21. The zero-order valence-corrected chi connectivity index (χ0v) is 19.3. The Morgan fingerprint density at radius 1 is 1.10 bits per heavy atom. The molecule has 1 N–H and O–H groups in total. The van der Waals surface area contributed by atoms with E-state index in [0.717, 1.165) is 27.0 Å². The second kappa shape index (κ2) is 8.49. The molecule has 0 amide bonds. The number of hydrogen-bond donors (Lipinski definition) is 1. The first-order valence-corrected chi connectivity index (χ1v) is 10.7. The van der Waals surface area contributed by atoms with Crippen molar-refractivity contribution < 1.29 is 0 Å². The molecule has 152 valence electrons. The predicted molar refractivity (Wildman–Crippen MR) is 126 cm³/mol. The summed E-state index contributed by atoms with van der Waals surface area (Å²) in [5.74, 6) is 0.645. The van der Waals surface area contributed by atoms with Crippen molar-refractivity contribution in [2.75, 3.05) is 0 Å². The highest BCUT2D eigenvalue weighted by Gasteiger charge is 2.13.